The molecule has 0 saturated carbocycles. The number of nitrogen functional groups attached to an aromatic ring is 1. The quantitative estimate of drug-likeness (QED) is 0.650. The van der Waals surface area contributed by atoms with Crippen LogP contribution in [0.5, 0.6) is 0 Å². The first kappa shape index (κ1) is 6.78. The molecule has 0 aliphatic rings. The van der Waals surface area contributed by atoms with Crippen molar-refractivity contribution in [3.05, 3.63) is 30.9 Å². The summed E-state index contributed by atoms with van der Waals surface area (Å²) in [7, 11) is 0. The zero-order valence-corrected chi connectivity index (χ0v) is 6.25. The van der Waals surface area contributed by atoms with Crippen LogP contribution < -0.4 is 5.73 Å². The van der Waals surface area contributed by atoms with Crippen LogP contribution in [0, 0.1) is 0 Å². The van der Waals surface area contributed by atoms with E-state index >= 15 is 0 Å². The maximum Gasteiger partial charge on any atom is 0.223 e. The number of pyridine rings is 1. The van der Waals surface area contributed by atoms with E-state index in [1.54, 1.807) is 12.4 Å². The van der Waals surface area contributed by atoms with E-state index in [1.807, 2.05) is 12.1 Å². The minimum Gasteiger partial charge on any atom is -0.368 e. The van der Waals surface area contributed by atoms with Gasteiger partial charge in [-0.05, 0) is 12.1 Å². The van der Waals surface area contributed by atoms with Gasteiger partial charge in [-0.15, -0.1) is 0 Å². The lowest BCUT2D eigenvalue weighted by atomic mass is 10.4. The zero-order valence-electron chi connectivity index (χ0n) is 6.25. The van der Waals surface area contributed by atoms with Gasteiger partial charge < -0.3 is 5.73 Å². The Morgan fingerprint density at radius 3 is 2.92 bits per heavy atom. The lowest BCUT2D eigenvalue weighted by Gasteiger charge is -1.99. The van der Waals surface area contributed by atoms with Gasteiger partial charge in [0.25, 0.3) is 0 Å². The lowest BCUT2D eigenvalue weighted by molar-refractivity contribution is 0.884. The van der Waals surface area contributed by atoms with Crippen molar-refractivity contribution in [2.45, 2.75) is 0 Å². The summed E-state index contributed by atoms with van der Waals surface area (Å²) >= 11 is 0. The fourth-order valence-electron chi connectivity index (χ4n) is 0.928. The van der Waals surface area contributed by atoms with Crippen LogP contribution in [-0.4, -0.2) is 19.7 Å². The maximum absolute atomic E-state index is 5.53. The molecule has 2 aromatic heterocycles. The summed E-state index contributed by atoms with van der Waals surface area (Å²) in [6.07, 6.45) is 4.77. The molecule has 0 radical (unpaired) electrons. The van der Waals surface area contributed by atoms with E-state index in [0.29, 0.717) is 5.95 Å². The van der Waals surface area contributed by atoms with E-state index in [0.717, 1.165) is 5.69 Å². The molecule has 60 valence electrons. The average molecular weight is 161 g/mol. The Kier molecular flexibility index (Phi) is 1.48. The summed E-state index contributed by atoms with van der Waals surface area (Å²) in [5.41, 5.74) is 6.35. The first-order chi connectivity index (χ1) is 5.88. The molecule has 2 N–H and O–H groups in total. The van der Waals surface area contributed by atoms with Gasteiger partial charge in [0.1, 0.15) is 6.33 Å². The standard InChI is InChI=1S/C7H7N5/c8-7-10-5-11-12(7)6-2-1-3-9-4-6/h1-5H,(H2,8,10,11). The summed E-state index contributed by atoms with van der Waals surface area (Å²) in [5.74, 6) is 0.364. The number of hydrogen-bond acceptors (Lipinski definition) is 4. The lowest BCUT2D eigenvalue weighted by Crippen LogP contribution is -2.02. The van der Waals surface area contributed by atoms with E-state index in [1.165, 1.54) is 11.0 Å². The smallest absolute Gasteiger partial charge is 0.223 e. The Bertz CT molecular complexity index is 366. The highest BCUT2D eigenvalue weighted by Gasteiger charge is 2.00. The van der Waals surface area contributed by atoms with E-state index in [2.05, 4.69) is 15.1 Å². The van der Waals surface area contributed by atoms with Gasteiger partial charge in [0.05, 0.1) is 11.9 Å². The number of anilines is 1. The van der Waals surface area contributed by atoms with Crippen molar-refractivity contribution < 1.29 is 0 Å². The number of nitrogens with two attached hydrogens (primary N) is 1. The van der Waals surface area contributed by atoms with Crippen molar-refractivity contribution in [1.82, 2.24) is 19.7 Å². The predicted octanol–water partition coefficient (Wildman–Crippen LogP) is 0.244. The molecule has 0 aliphatic carbocycles. The third kappa shape index (κ3) is 1.01. The van der Waals surface area contributed by atoms with Crippen molar-refractivity contribution in [1.29, 1.82) is 0 Å². The minimum atomic E-state index is 0.364. The van der Waals surface area contributed by atoms with Crippen molar-refractivity contribution in [2.75, 3.05) is 5.73 Å². The molecule has 2 aromatic rings. The van der Waals surface area contributed by atoms with Gasteiger partial charge in [-0.3, -0.25) is 4.98 Å². The van der Waals surface area contributed by atoms with E-state index in [9.17, 15) is 0 Å². The molecule has 2 rings (SSSR count). The molecule has 0 unspecified atom stereocenters. The first-order valence-electron chi connectivity index (χ1n) is 3.44. The van der Waals surface area contributed by atoms with Crippen LogP contribution in [0.1, 0.15) is 0 Å². The molecular formula is C7H7N5. The zero-order chi connectivity index (χ0) is 8.39. The number of rotatable bonds is 1. The minimum absolute atomic E-state index is 0.364. The normalized spacial score (nSPS) is 10.0. The van der Waals surface area contributed by atoms with Crippen LogP contribution in [-0.2, 0) is 0 Å². The molecule has 0 aromatic carbocycles. The van der Waals surface area contributed by atoms with E-state index in [-0.39, 0.29) is 0 Å². The molecule has 5 nitrogen and oxygen atoms in total. The van der Waals surface area contributed by atoms with Crippen molar-refractivity contribution in [3.8, 4) is 5.69 Å². The molecule has 0 saturated heterocycles. The fraction of sp³-hybridized carbons (Fsp3) is 0. The monoisotopic (exact) mass is 161 g/mol. The summed E-state index contributed by atoms with van der Waals surface area (Å²) in [4.78, 5) is 7.73. The largest absolute Gasteiger partial charge is 0.368 e. The topological polar surface area (TPSA) is 69.6 Å². The third-order valence-corrected chi connectivity index (χ3v) is 1.46. The third-order valence-electron chi connectivity index (χ3n) is 1.46. The van der Waals surface area contributed by atoms with Crippen molar-refractivity contribution >= 4 is 5.95 Å². The summed E-state index contributed by atoms with van der Waals surface area (Å²) in [6, 6.07) is 3.68. The second-order valence-corrected chi connectivity index (χ2v) is 2.24. The SMILES string of the molecule is Nc1ncnn1-c1cccnc1. The maximum atomic E-state index is 5.53. The molecule has 0 atom stereocenters. The molecule has 0 amide bonds. The van der Waals surface area contributed by atoms with Crippen LogP contribution in [0.25, 0.3) is 5.69 Å². The Labute approximate surface area is 68.9 Å². The van der Waals surface area contributed by atoms with Crippen LogP contribution in [0.4, 0.5) is 5.95 Å². The Balaban J connectivity index is 2.51. The van der Waals surface area contributed by atoms with Crippen molar-refractivity contribution in [3.63, 3.8) is 0 Å². The molecule has 12 heavy (non-hydrogen) atoms. The van der Waals surface area contributed by atoms with E-state index in [4.69, 9.17) is 5.73 Å². The summed E-state index contributed by atoms with van der Waals surface area (Å²) in [6.45, 7) is 0. The van der Waals surface area contributed by atoms with Crippen molar-refractivity contribution in [2.24, 2.45) is 0 Å². The van der Waals surface area contributed by atoms with Gasteiger partial charge in [-0.2, -0.15) is 14.8 Å². The average Bonchev–Trinajstić information content (AvgIpc) is 2.53. The molecule has 0 aliphatic heterocycles. The highest BCUT2D eigenvalue weighted by atomic mass is 15.4. The number of nitrogens with zero attached hydrogens (tertiary/aromatic N) is 4. The van der Waals surface area contributed by atoms with E-state index < -0.39 is 0 Å². The molecule has 0 spiro atoms. The number of aromatic nitrogens is 4. The second kappa shape index (κ2) is 2.61. The predicted molar refractivity (Wildman–Crippen MR) is 43.6 cm³/mol. The molecule has 0 bridgehead atoms. The fourth-order valence-corrected chi connectivity index (χ4v) is 0.928. The Morgan fingerprint density at radius 2 is 2.33 bits per heavy atom. The van der Waals surface area contributed by atoms with Gasteiger partial charge in [-0.25, -0.2) is 0 Å². The van der Waals surface area contributed by atoms with Crippen LogP contribution in [0.15, 0.2) is 30.9 Å². The molecule has 5 heteroatoms. The Hall–Kier alpha value is -1.91. The number of hydrogen-bond donors (Lipinski definition) is 1. The van der Waals surface area contributed by atoms with Gasteiger partial charge in [0.2, 0.25) is 5.95 Å². The molecule has 2 heterocycles. The summed E-state index contributed by atoms with van der Waals surface area (Å²) < 4.78 is 1.52. The molecular weight excluding hydrogens is 154 g/mol. The highest BCUT2D eigenvalue weighted by Crippen LogP contribution is 2.06. The van der Waals surface area contributed by atoms with Gasteiger partial charge in [-0.1, -0.05) is 0 Å². The van der Waals surface area contributed by atoms with Gasteiger partial charge >= 0.3 is 0 Å². The summed E-state index contributed by atoms with van der Waals surface area (Å²) in [5, 5.41) is 3.93. The highest BCUT2D eigenvalue weighted by molar-refractivity contribution is 5.33. The van der Waals surface area contributed by atoms with Crippen LogP contribution >= 0.6 is 0 Å². The second-order valence-electron chi connectivity index (χ2n) is 2.24. The van der Waals surface area contributed by atoms with Crippen LogP contribution in [0.3, 0.4) is 0 Å². The van der Waals surface area contributed by atoms with Gasteiger partial charge in [0.15, 0.2) is 0 Å². The molecule has 0 fully saturated rings. The van der Waals surface area contributed by atoms with Gasteiger partial charge in [0, 0.05) is 6.20 Å². The van der Waals surface area contributed by atoms with Crippen LogP contribution in [0.2, 0.25) is 0 Å². The Morgan fingerprint density at radius 1 is 1.42 bits per heavy atom. The first-order valence-corrected chi connectivity index (χ1v) is 3.44.